The summed E-state index contributed by atoms with van der Waals surface area (Å²) in [6, 6.07) is 0. The molecule has 0 aliphatic heterocycles. The van der Waals surface area contributed by atoms with Gasteiger partial charge in [-0.05, 0) is 6.42 Å². The molecule has 11 heavy (non-hydrogen) atoms. The van der Waals surface area contributed by atoms with Crippen LogP contribution in [0.15, 0.2) is 8.98 Å². The zero-order valence-electron chi connectivity index (χ0n) is 5.39. The number of rotatable bonds is 2. The smallest absolute Gasteiger partial charge is 0.127 e. The molecular formula is C5H6Cl6. The minimum Gasteiger partial charge on any atom is -0.127 e. The van der Waals surface area contributed by atoms with Crippen molar-refractivity contribution in [1.29, 1.82) is 0 Å². The molecule has 6 heteroatoms. The Kier molecular flexibility index (Phi) is 15.6. The van der Waals surface area contributed by atoms with Crippen LogP contribution in [0.25, 0.3) is 0 Å². The Hall–Kier alpha value is 1.48. The minimum absolute atomic E-state index is 0.0988. The van der Waals surface area contributed by atoms with Gasteiger partial charge >= 0.3 is 0 Å². The van der Waals surface area contributed by atoms with E-state index in [4.69, 9.17) is 69.6 Å². The predicted molar refractivity (Wildman–Crippen MR) is 56.5 cm³/mol. The van der Waals surface area contributed by atoms with Crippen molar-refractivity contribution in [3.8, 4) is 0 Å². The summed E-state index contributed by atoms with van der Waals surface area (Å²) in [5.41, 5.74) is 0. The normalized spacial score (nSPS) is 8.18. The molecule has 0 aliphatic rings. The molecule has 0 radical (unpaired) electrons. The lowest BCUT2D eigenvalue weighted by atomic mass is 10.6. The molecule has 0 fully saturated rings. The summed E-state index contributed by atoms with van der Waals surface area (Å²) in [4.78, 5) is 0. The molecule has 0 N–H and O–H groups in total. The highest BCUT2D eigenvalue weighted by Crippen LogP contribution is 2.20. The second kappa shape index (κ2) is 11.5. The maximum absolute atomic E-state index is 5.22. The molecule has 0 aromatic heterocycles. The van der Waals surface area contributed by atoms with Gasteiger partial charge in [-0.15, -0.1) is 23.2 Å². The molecule has 0 saturated carbocycles. The largest absolute Gasteiger partial charge is 0.136 e. The fourth-order valence-corrected chi connectivity index (χ4v) is 0.455. The maximum atomic E-state index is 5.22. The van der Waals surface area contributed by atoms with E-state index in [2.05, 4.69) is 0 Å². The molecule has 0 atom stereocenters. The predicted octanol–water partition coefficient (Wildman–Crippen LogP) is 4.92. The van der Waals surface area contributed by atoms with Gasteiger partial charge in [0, 0.05) is 11.8 Å². The fraction of sp³-hybridized carbons (Fsp3) is 0.600. The molecular weight excluding hydrogens is 273 g/mol. The molecule has 0 spiro atoms. The van der Waals surface area contributed by atoms with E-state index in [9.17, 15) is 0 Å². The van der Waals surface area contributed by atoms with Gasteiger partial charge in [0.05, 0.1) is 0 Å². The summed E-state index contributed by atoms with van der Waals surface area (Å²) in [7, 11) is 0. The van der Waals surface area contributed by atoms with E-state index in [-0.39, 0.29) is 8.98 Å². The van der Waals surface area contributed by atoms with Gasteiger partial charge in [-0.3, -0.25) is 0 Å². The van der Waals surface area contributed by atoms with Crippen LogP contribution in [0.2, 0.25) is 0 Å². The number of hydrogen-bond acceptors (Lipinski definition) is 0. The lowest BCUT2D eigenvalue weighted by Crippen LogP contribution is -1.70. The van der Waals surface area contributed by atoms with Crippen molar-refractivity contribution in [2.75, 3.05) is 11.8 Å². The molecule has 0 nitrogen and oxygen atoms in total. The Bertz CT molecular complexity index is 89.5. The van der Waals surface area contributed by atoms with Crippen LogP contribution in [-0.2, 0) is 0 Å². The van der Waals surface area contributed by atoms with Crippen molar-refractivity contribution >= 4 is 69.6 Å². The summed E-state index contributed by atoms with van der Waals surface area (Å²) < 4.78 is -0.198. The Balaban J connectivity index is 0. The average Bonchev–Trinajstić information content (AvgIpc) is 1.90. The van der Waals surface area contributed by atoms with E-state index in [1.165, 1.54) is 0 Å². The average molecular weight is 279 g/mol. The first-order chi connectivity index (χ1) is 5.06. The molecule has 0 rings (SSSR count). The third kappa shape index (κ3) is 18.4. The monoisotopic (exact) mass is 276 g/mol. The van der Waals surface area contributed by atoms with Crippen LogP contribution in [0.1, 0.15) is 6.42 Å². The molecule has 0 aromatic carbocycles. The van der Waals surface area contributed by atoms with Gasteiger partial charge in [-0.1, -0.05) is 46.4 Å². The summed E-state index contributed by atoms with van der Waals surface area (Å²) in [6.07, 6.45) is 0.920. The van der Waals surface area contributed by atoms with E-state index in [1.54, 1.807) is 0 Å². The SMILES string of the molecule is ClC(Cl)=C(Cl)Cl.ClCCCCl. The highest BCUT2D eigenvalue weighted by Gasteiger charge is 1.88. The van der Waals surface area contributed by atoms with Gasteiger partial charge in [0.1, 0.15) is 8.98 Å². The fourth-order valence-electron chi connectivity index (χ4n) is 0.0505. The minimum atomic E-state index is -0.0988. The molecule has 0 bridgehead atoms. The molecule has 68 valence electrons. The lowest BCUT2D eigenvalue weighted by molar-refractivity contribution is 1.11. The summed E-state index contributed by atoms with van der Waals surface area (Å²) >= 11 is 30.4. The molecule has 0 unspecified atom stereocenters. The van der Waals surface area contributed by atoms with Crippen LogP contribution < -0.4 is 0 Å². The molecule has 0 aromatic rings. The van der Waals surface area contributed by atoms with Crippen LogP contribution in [-0.4, -0.2) is 11.8 Å². The first-order valence-corrected chi connectivity index (χ1v) is 5.12. The third-order valence-electron chi connectivity index (χ3n) is 0.410. The first kappa shape index (κ1) is 15.0. The van der Waals surface area contributed by atoms with E-state index < -0.39 is 0 Å². The van der Waals surface area contributed by atoms with Gasteiger partial charge in [-0.2, -0.15) is 0 Å². The molecule has 0 aliphatic carbocycles. The van der Waals surface area contributed by atoms with Crippen molar-refractivity contribution in [2.24, 2.45) is 0 Å². The van der Waals surface area contributed by atoms with E-state index >= 15 is 0 Å². The summed E-state index contributed by atoms with van der Waals surface area (Å²) in [5.74, 6) is 1.37. The van der Waals surface area contributed by atoms with Crippen LogP contribution in [0.5, 0.6) is 0 Å². The number of halogens is 6. The van der Waals surface area contributed by atoms with Crippen molar-refractivity contribution in [3.05, 3.63) is 8.98 Å². The Morgan fingerprint density at radius 1 is 0.727 bits per heavy atom. The number of hydrogen-bond donors (Lipinski definition) is 0. The molecule has 0 saturated heterocycles. The Labute approximate surface area is 96.3 Å². The molecule has 0 heterocycles. The van der Waals surface area contributed by atoms with E-state index in [0.717, 1.165) is 6.42 Å². The van der Waals surface area contributed by atoms with Crippen LogP contribution in [0.3, 0.4) is 0 Å². The topological polar surface area (TPSA) is 0 Å². The van der Waals surface area contributed by atoms with Gasteiger partial charge in [-0.25, -0.2) is 0 Å². The quantitative estimate of drug-likeness (QED) is 0.629. The zero-order chi connectivity index (χ0) is 9.28. The van der Waals surface area contributed by atoms with E-state index in [0.29, 0.717) is 11.8 Å². The van der Waals surface area contributed by atoms with Crippen molar-refractivity contribution < 1.29 is 0 Å². The second-order valence-electron chi connectivity index (χ2n) is 1.25. The standard InChI is InChI=1S/C3H6Cl2.C2Cl4/c4-2-1-3-5;3-1(4)2(5)6/h1-3H2;. The summed E-state index contributed by atoms with van der Waals surface area (Å²) in [6.45, 7) is 0. The first-order valence-electron chi connectivity index (χ1n) is 2.54. The third-order valence-corrected chi connectivity index (χ3v) is 2.09. The highest BCUT2D eigenvalue weighted by molar-refractivity contribution is 6.67. The lowest BCUT2D eigenvalue weighted by Gasteiger charge is -1.75. The van der Waals surface area contributed by atoms with Crippen LogP contribution in [0, 0.1) is 0 Å². The van der Waals surface area contributed by atoms with Crippen molar-refractivity contribution in [1.82, 2.24) is 0 Å². The van der Waals surface area contributed by atoms with Gasteiger partial charge in [0.25, 0.3) is 0 Å². The van der Waals surface area contributed by atoms with Crippen LogP contribution >= 0.6 is 69.6 Å². The Morgan fingerprint density at radius 3 is 1.00 bits per heavy atom. The van der Waals surface area contributed by atoms with Gasteiger partial charge < -0.3 is 0 Å². The number of alkyl halides is 2. The van der Waals surface area contributed by atoms with Crippen LogP contribution in [0.4, 0.5) is 0 Å². The zero-order valence-corrected chi connectivity index (χ0v) is 9.92. The van der Waals surface area contributed by atoms with Gasteiger partial charge in [0.15, 0.2) is 0 Å². The highest BCUT2D eigenvalue weighted by atomic mass is 35.5. The van der Waals surface area contributed by atoms with Crippen molar-refractivity contribution in [3.63, 3.8) is 0 Å². The maximum Gasteiger partial charge on any atom is 0.136 e. The van der Waals surface area contributed by atoms with E-state index in [1.807, 2.05) is 0 Å². The van der Waals surface area contributed by atoms with Crippen molar-refractivity contribution in [2.45, 2.75) is 6.42 Å². The molecule has 0 amide bonds. The Morgan fingerprint density at radius 2 is 1.00 bits per heavy atom. The van der Waals surface area contributed by atoms with Gasteiger partial charge in [0.2, 0.25) is 0 Å². The second-order valence-corrected chi connectivity index (χ2v) is 3.91. The summed E-state index contributed by atoms with van der Waals surface area (Å²) in [5, 5.41) is 0.